The van der Waals surface area contributed by atoms with Gasteiger partial charge in [0.15, 0.2) is 11.5 Å². The molecule has 1 atom stereocenters. The molecule has 0 fully saturated rings. The summed E-state index contributed by atoms with van der Waals surface area (Å²) in [6.07, 6.45) is 3.02. The van der Waals surface area contributed by atoms with Gasteiger partial charge >= 0.3 is 0 Å². The van der Waals surface area contributed by atoms with Crippen LogP contribution in [-0.4, -0.2) is 16.7 Å². The maximum absolute atomic E-state index is 12.2. The average molecular weight is 328 g/mol. The number of rotatable bonds is 3. The monoisotopic (exact) mass is 327 g/mol. The van der Waals surface area contributed by atoms with Gasteiger partial charge in [0.05, 0.1) is 0 Å². The highest BCUT2D eigenvalue weighted by atomic mass is 35.5. The highest BCUT2D eigenvalue weighted by Crippen LogP contribution is 2.33. The van der Waals surface area contributed by atoms with E-state index in [-0.39, 0.29) is 17.4 Å². The van der Waals surface area contributed by atoms with E-state index in [2.05, 4.69) is 11.2 Å². The van der Waals surface area contributed by atoms with E-state index in [4.69, 9.17) is 11.6 Å². The van der Waals surface area contributed by atoms with Crippen molar-refractivity contribution in [3.05, 3.63) is 70.2 Å². The van der Waals surface area contributed by atoms with Crippen LogP contribution in [0, 0.1) is 0 Å². The van der Waals surface area contributed by atoms with Gasteiger partial charge in [0.2, 0.25) is 0 Å². The summed E-state index contributed by atoms with van der Waals surface area (Å²) in [6, 6.07) is 15.6. The Balaban J connectivity index is 1.86. The number of nitrogens with zero attached hydrogens (tertiary/aromatic N) is 1. The molecule has 2 aromatic rings. The SMILES string of the molecule is O=C1CCC(CCc2cccc(Cl)c2)c2ccccc2/C1=N/O. The Hall–Kier alpha value is -2.13. The summed E-state index contributed by atoms with van der Waals surface area (Å²) in [5, 5.41) is 13.2. The van der Waals surface area contributed by atoms with Gasteiger partial charge in [-0.25, -0.2) is 0 Å². The molecule has 0 radical (unpaired) electrons. The number of Topliss-reactive ketones (excluding diaryl/α,β-unsaturated/α-hetero) is 1. The zero-order valence-corrected chi connectivity index (χ0v) is 13.5. The van der Waals surface area contributed by atoms with Gasteiger partial charge in [0.1, 0.15) is 0 Å². The number of benzene rings is 2. The first kappa shape index (κ1) is 15.8. The molecule has 1 N–H and O–H groups in total. The number of fused-ring (bicyclic) bond motifs is 1. The summed E-state index contributed by atoms with van der Waals surface area (Å²) in [7, 11) is 0. The number of halogens is 1. The number of aryl methyl sites for hydroxylation is 1. The molecule has 3 nitrogen and oxygen atoms in total. The van der Waals surface area contributed by atoms with E-state index in [1.807, 2.05) is 42.5 Å². The van der Waals surface area contributed by atoms with Crippen LogP contribution < -0.4 is 0 Å². The second kappa shape index (κ2) is 6.97. The van der Waals surface area contributed by atoms with Gasteiger partial charge < -0.3 is 5.21 Å². The molecule has 1 aliphatic carbocycles. The van der Waals surface area contributed by atoms with Gasteiger partial charge in [-0.3, -0.25) is 4.79 Å². The molecule has 1 unspecified atom stereocenters. The highest BCUT2D eigenvalue weighted by Gasteiger charge is 2.27. The van der Waals surface area contributed by atoms with Crippen molar-refractivity contribution in [3.8, 4) is 0 Å². The first-order chi connectivity index (χ1) is 11.2. The van der Waals surface area contributed by atoms with E-state index in [9.17, 15) is 10.0 Å². The summed E-state index contributed by atoms with van der Waals surface area (Å²) in [4.78, 5) is 12.2. The summed E-state index contributed by atoms with van der Waals surface area (Å²) < 4.78 is 0. The minimum atomic E-state index is -0.0924. The van der Waals surface area contributed by atoms with E-state index < -0.39 is 0 Å². The number of hydrogen-bond acceptors (Lipinski definition) is 3. The Morgan fingerprint density at radius 1 is 1.17 bits per heavy atom. The van der Waals surface area contributed by atoms with Crippen molar-refractivity contribution in [1.82, 2.24) is 0 Å². The van der Waals surface area contributed by atoms with Crippen LogP contribution in [0.2, 0.25) is 5.02 Å². The molecule has 0 aromatic heterocycles. The number of hydrogen-bond donors (Lipinski definition) is 1. The van der Waals surface area contributed by atoms with Gasteiger partial charge in [-0.2, -0.15) is 0 Å². The number of carbonyl (C=O) groups excluding carboxylic acids is 1. The second-order valence-corrected chi connectivity index (χ2v) is 6.30. The molecule has 0 saturated heterocycles. The van der Waals surface area contributed by atoms with Crippen molar-refractivity contribution >= 4 is 23.1 Å². The molecule has 4 heteroatoms. The third-order valence-corrected chi connectivity index (χ3v) is 4.65. The third kappa shape index (κ3) is 3.45. The van der Waals surface area contributed by atoms with Crippen LogP contribution in [0.25, 0.3) is 0 Å². The van der Waals surface area contributed by atoms with Crippen LogP contribution in [0.4, 0.5) is 0 Å². The molecular weight excluding hydrogens is 310 g/mol. The van der Waals surface area contributed by atoms with Crippen molar-refractivity contribution in [2.45, 2.75) is 31.6 Å². The van der Waals surface area contributed by atoms with Crippen molar-refractivity contribution in [2.24, 2.45) is 5.16 Å². The Kier molecular flexibility index (Phi) is 4.77. The van der Waals surface area contributed by atoms with Crippen LogP contribution in [0.15, 0.2) is 53.7 Å². The maximum atomic E-state index is 12.2. The molecule has 0 amide bonds. The van der Waals surface area contributed by atoms with Crippen molar-refractivity contribution < 1.29 is 10.0 Å². The molecule has 0 heterocycles. The summed E-state index contributed by atoms with van der Waals surface area (Å²) in [5.74, 6) is 0.179. The lowest BCUT2D eigenvalue weighted by atomic mass is 9.87. The van der Waals surface area contributed by atoms with Crippen molar-refractivity contribution in [2.75, 3.05) is 0 Å². The van der Waals surface area contributed by atoms with E-state index >= 15 is 0 Å². The summed E-state index contributed by atoms with van der Waals surface area (Å²) >= 11 is 6.04. The van der Waals surface area contributed by atoms with Crippen LogP contribution in [0.3, 0.4) is 0 Å². The zero-order valence-electron chi connectivity index (χ0n) is 12.7. The van der Waals surface area contributed by atoms with Gasteiger partial charge in [-0.05, 0) is 48.4 Å². The number of ketones is 1. The highest BCUT2D eigenvalue weighted by molar-refractivity contribution is 6.46. The third-order valence-electron chi connectivity index (χ3n) is 4.41. The molecule has 2 aromatic carbocycles. The van der Waals surface area contributed by atoms with Crippen LogP contribution in [-0.2, 0) is 11.2 Å². The number of carbonyl (C=O) groups is 1. The molecule has 0 aliphatic heterocycles. The first-order valence-electron chi connectivity index (χ1n) is 7.78. The van der Waals surface area contributed by atoms with Crippen LogP contribution in [0.1, 0.15) is 41.9 Å². The Morgan fingerprint density at radius 3 is 2.78 bits per heavy atom. The molecule has 118 valence electrons. The fraction of sp³-hybridized carbons (Fsp3) is 0.263. The maximum Gasteiger partial charge on any atom is 0.185 e. The molecule has 23 heavy (non-hydrogen) atoms. The molecule has 0 bridgehead atoms. The topological polar surface area (TPSA) is 49.7 Å². The summed E-state index contributed by atoms with van der Waals surface area (Å²) in [5.41, 5.74) is 3.23. The lowest BCUT2D eigenvalue weighted by Gasteiger charge is -2.17. The molecular formula is C19H18ClNO2. The number of oxime groups is 1. The minimum absolute atomic E-state index is 0.0924. The quantitative estimate of drug-likeness (QED) is 0.509. The van der Waals surface area contributed by atoms with Gasteiger partial charge in [-0.15, -0.1) is 0 Å². The lowest BCUT2D eigenvalue weighted by molar-refractivity contribution is -0.113. The molecule has 0 saturated carbocycles. The van der Waals surface area contributed by atoms with Gasteiger partial charge in [0, 0.05) is 17.0 Å². The predicted molar refractivity (Wildman–Crippen MR) is 91.5 cm³/mol. The standard InChI is InChI=1S/C19H18ClNO2/c20-15-5-3-4-13(12-15)8-9-14-10-11-18(22)19(21-23)17-7-2-1-6-16(14)17/h1-7,12,14,23H,8-11H2/b21-19-. The second-order valence-electron chi connectivity index (χ2n) is 5.86. The summed E-state index contributed by atoms with van der Waals surface area (Å²) in [6.45, 7) is 0. The van der Waals surface area contributed by atoms with Crippen molar-refractivity contribution in [1.29, 1.82) is 0 Å². The Bertz CT molecular complexity index is 755. The Labute approximate surface area is 140 Å². The minimum Gasteiger partial charge on any atom is -0.410 e. The zero-order chi connectivity index (χ0) is 16.2. The van der Waals surface area contributed by atoms with E-state index in [1.165, 1.54) is 5.56 Å². The Morgan fingerprint density at radius 2 is 2.00 bits per heavy atom. The molecule has 3 rings (SSSR count). The van der Waals surface area contributed by atoms with E-state index in [0.717, 1.165) is 35.4 Å². The fourth-order valence-electron chi connectivity index (χ4n) is 3.24. The first-order valence-corrected chi connectivity index (χ1v) is 8.16. The lowest BCUT2D eigenvalue weighted by Crippen LogP contribution is -2.14. The van der Waals surface area contributed by atoms with Crippen LogP contribution in [0.5, 0.6) is 0 Å². The largest absolute Gasteiger partial charge is 0.410 e. The fourth-order valence-corrected chi connectivity index (χ4v) is 3.45. The molecule has 0 spiro atoms. The smallest absolute Gasteiger partial charge is 0.185 e. The van der Waals surface area contributed by atoms with E-state index in [0.29, 0.717) is 6.42 Å². The van der Waals surface area contributed by atoms with Crippen LogP contribution >= 0.6 is 11.6 Å². The average Bonchev–Trinajstić information content (AvgIpc) is 2.69. The normalized spacial score (nSPS) is 19.4. The van der Waals surface area contributed by atoms with Gasteiger partial charge in [-0.1, -0.05) is 53.2 Å². The molecule has 1 aliphatic rings. The van der Waals surface area contributed by atoms with Gasteiger partial charge in [0.25, 0.3) is 0 Å². The van der Waals surface area contributed by atoms with E-state index in [1.54, 1.807) is 0 Å². The van der Waals surface area contributed by atoms with Crippen molar-refractivity contribution in [3.63, 3.8) is 0 Å². The predicted octanol–water partition coefficient (Wildman–Crippen LogP) is 4.60.